The highest BCUT2D eigenvalue weighted by molar-refractivity contribution is 6.83. The predicted molar refractivity (Wildman–Crippen MR) is 165 cm³/mol. The number of hydrogen-bond donors (Lipinski definition) is 0. The van der Waals surface area contributed by atoms with Gasteiger partial charge in [0.05, 0.1) is 0 Å². The fourth-order valence-corrected chi connectivity index (χ4v) is 32.6. The molecule has 0 heterocycles. The lowest BCUT2D eigenvalue weighted by Gasteiger charge is -2.37. The van der Waals surface area contributed by atoms with E-state index in [1.165, 1.54) is 0 Å². The van der Waals surface area contributed by atoms with Gasteiger partial charge in [0.1, 0.15) is 0 Å². The monoisotopic (exact) mass is 656 g/mol. The van der Waals surface area contributed by atoms with E-state index in [1.807, 2.05) is 39.3 Å². The van der Waals surface area contributed by atoms with Crippen molar-refractivity contribution in [3.8, 4) is 0 Å². The zero-order valence-electron chi connectivity index (χ0n) is 24.2. The van der Waals surface area contributed by atoms with Crippen molar-refractivity contribution in [2.24, 2.45) is 0 Å². The molecule has 0 amide bonds. The molecule has 206 valence electrons. The molecule has 34 heavy (non-hydrogen) atoms. The summed E-state index contributed by atoms with van der Waals surface area (Å²) in [5, 5.41) is 0. The van der Waals surface area contributed by atoms with Crippen LogP contribution in [0, 0.1) is 0 Å². The van der Waals surface area contributed by atoms with Gasteiger partial charge in [0, 0.05) is 6.55 Å². The second-order valence-corrected chi connectivity index (χ2v) is 38.6. The molecule has 0 saturated carbocycles. The van der Waals surface area contributed by atoms with Gasteiger partial charge in [-0.2, -0.15) is 0 Å². The molecule has 0 radical (unpaired) electrons. The molecule has 19 heteroatoms. The SMILES string of the molecule is C[SiH](C)O[SiH](C)O[Si](C)(O[SiH](C)O[SiH](C)C)O[SiH](C)O[Si](C)(C)O[SiH](O[SiH](C)C)O[Si](C)(C)C. The van der Waals surface area contributed by atoms with E-state index in [9.17, 15) is 0 Å². The van der Waals surface area contributed by atoms with Crippen molar-refractivity contribution in [1.82, 2.24) is 0 Å². The second kappa shape index (κ2) is 16.0. The lowest BCUT2D eigenvalue weighted by atomic mass is 11.8. The Kier molecular flexibility index (Phi) is 16.9. The molecule has 0 aliphatic carbocycles. The molecule has 0 aromatic carbocycles. The van der Waals surface area contributed by atoms with Crippen LogP contribution in [0.4, 0.5) is 0 Å². The Morgan fingerprint density at radius 3 is 1.15 bits per heavy atom. The Morgan fingerprint density at radius 1 is 0.412 bits per heavy atom. The lowest BCUT2D eigenvalue weighted by molar-refractivity contribution is 0.215. The van der Waals surface area contributed by atoms with Gasteiger partial charge in [0.25, 0.3) is 18.6 Å². The molecule has 0 rings (SSSR count). The van der Waals surface area contributed by atoms with Crippen LogP contribution in [0.3, 0.4) is 0 Å². The molecule has 0 N–H and O–H groups in total. The molecule has 4 atom stereocenters. The normalized spacial score (nSPS) is 18.9. The molecule has 0 aromatic heterocycles. The highest BCUT2D eigenvalue weighted by Crippen LogP contribution is 2.20. The summed E-state index contributed by atoms with van der Waals surface area (Å²) in [5.74, 6) is 0. The topological polar surface area (TPSA) is 83.1 Å². The minimum absolute atomic E-state index is 1.21. The van der Waals surface area contributed by atoms with E-state index in [0.29, 0.717) is 0 Å². The molecule has 0 saturated heterocycles. The molecule has 9 nitrogen and oxygen atoms in total. The molecular formula is C15H52O9Si10. The molecule has 0 aromatic rings. The van der Waals surface area contributed by atoms with E-state index < -0.39 is 90.2 Å². The highest BCUT2D eigenvalue weighted by Gasteiger charge is 2.44. The van der Waals surface area contributed by atoms with E-state index in [4.69, 9.17) is 37.0 Å². The first kappa shape index (κ1) is 35.8. The van der Waals surface area contributed by atoms with Gasteiger partial charge in [-0.05, 0) is 91.7 Å². The minimum atomic E-state index is -2.99. The maximum Gasteiger partial charge on any atom is 0.470 e. The highest BCUT2D eigenvalue weighted by atomic mass is 28.5. The van der Waals surface area contributed by atoms with Crippen LogP contribution in [0.25, 0.3) is 0 Å². The lowest BCUT2D eigenvalue weighted by Crippen LogP contribution is -2.56. The van der Waals surface area contributed by atoms with Gasteiger partial charge in [-0.3, -0.25) is 0 Å². The molecule has 0 bridgehead atoms. The fraction of sp³-hybridized carbons (Fsp3) is 1.00. The van der Waals surface area contributed by atoms with Crippen LogP contribution in [0.1, 0.15) is 0 Å². The molecule has 0 aliphatic rings. The molecule has 0 aliphatic heterocycles. The van der Waals surface area contributed by atoms with Crippen LogP contribution in [0.15, 0.2) is 0 Å². The minimum Gasteiger partial charge on any atom is -0.442 e. The number of rotatable bonds is 18. The van der Waals surface area contributed by atoms with Gasteiger partial charge < -0.3 is 37.0 Å². The quantitative estimate of drug-likeness (QED) is 0.207. The molecule has 4 unspecified atom stereocenters. The Morgan fingerprint density at radius 2 is 0.794 bits per heavy atom. The van der Waals surface area contributed by atoms with Crippen LogP contribution in [0.2, 0.25) is 98.2 Å². The van der Waals surface area contributed by atoms with Crippen molar-refractivity contribution in [2.75, 3.05) is 0 Å². The summed E-state index contributed by atoms with van der Waals surface area (Å²) in [5.41, 5.74) is 0. The Balaban J connectivity index is 5.38. The van der Waals surface area contributed by atoms with Crippen LogP contribution in [0.5, 0.6) is 0 Å². The Bertz CT molecular complexity index is 549. The number of hydrogen-bond acceptors (Lipinski definition) is 9. The predicted octanol–water partition coefficient (Wildman–Crippen LogP) is 2.46. The molecule has 0 spiro atoms. The summed E-state index contributed by atoms with van der Waals surface area (Å²) >= 11 is 0. The molecule has 0 fully saturated rings. The van der Waals surface area contributed by atoms with E-state index in [0.717, 1.165) is 0 Å². The zero-order valence-corrected chi connectivity index (χ0v) is 35.3. The third kappa shape index (κ3) is 19.0. The van der Waals surface area contributed by atoms with Crippen molar-refractivity contribution in [3.63, 3.8) is 0 Å². The summed E-state index contributed by atoms with van der Waals surface area (Å²) in [4.78, 5) is 0. The summed E-state index contributed by atoms with van der Waals surface area (Å²) in [6, 6.07) is 0. The van der Waals surface area contributed by atoms with Crippen LogP contribution in [-0.2, 0) is 37.0 Å². The largest absolute Gasteiger partial charge is 0.470 e. The standard InChI is InChI=1S/C15H52O9Si10/c1-25(2)16-28(7)20-34(15,21-29(8)17-26(3)4)22-30(9)19-33(13,14)24-31(18-27(5)6)23-32(10,11)12/h25-31H,1-15H3. The van der Waals surface area contributed by atoms with E-state index in [2.05, 4.69) is 58.9 Å². The van der Waals surface area contributed by atoms with Gasteiger partial charge in [0.2, 0.25) is 0 Å². The zero-order chi connectivity index (χ0) is 26.9. The summed E-state index contributed by atoms with van der Waals surface area (Å²) in [6.45, 7) is 31.5. The summed E-state index contributed by atoms with van der Waals surface area (Å²) < 4.78 is 56.8. The van der Waals surface area contributed by atoms with Crippen molar-refractivity contribution in [3.05, 3.63) is 0 Å². The molecular weight excluding hydrogens is 605 g/mol. The van der Waals surface area contributed by atoms with Crippen molar-refractivity contribution in [2.45, 2.75) is 98.2 Å². The fourth-order valence-electron chi connectivity index (χ4n) is 3.08. The van der Waals surface area contributed by atoms with Crippen molar-refractivity contribution < 1.29 is 37.0 Å². The first-order chi connectivity index (χ1) is 15.2. The van der Waals surface area contributed by atoms with Crippen LogP contribution in [-0.4, -0.2) is 90.2 Å². The third-order valence-electron chi connectivity index (χ3n) is 3.73. The van der Waals surface area contributed by atoms with E-state index in [-0.39, 0.29) is 0 Å². The summed E-state index contributed by atoms with van der Waals surface area (Å²) in [6.07, 6.45) is 0. The van der Waals surface area contributed by atoms with Crippen molar-refractivity contribution in [1.29, 1.82) is 0 Å². The average molecular weight is 657 g/mol. The maximum atomic E-state index is 6.50. The average Bonchev–Trinajstić information content (AvgIpc) is 2.47. The van der Waals surface area contributed by atoms with Gasteiger partial charge in [-0.1, -0.05) is 0 Å². The first-order valence-corrected chi connectivity index (χ1v) is 36.7. The van der Waals surface area contributed by atoms with Crippen LogP contribution < -0.4 is 0 Å². The first-order valence-electron chi connectivity index (χ1n) is 12.2. The van der Waals surface area contributed by atoms with Gasteiger partial charge in [-0.25, -0.2) is 0 Å². The Labute approximate surface area is 224 Å². The van der Waals surface area contributed by atoms with Crippen molar-refractivity contribution >= 4 is 90.2 Å². The third-order valence-corrected chi connectivity index (χ3v) is 33.6. The van der Waals surface area contributed by atoms with Gasteiger partial charge in [0.15, 0.2) is 35.4 Å². The maximum absolute atomic E-state index is 6.50. The van der Waals surface area contributed by atoms with Gasteiger partial charge in [-0.15, -0.1) is 0 Å². The van der Waals surface area contributed by atoms with E-state index in [1.54, 1.807) is 0 Å². The van der Waals surface area contributed by atoms with E-state index >= 15 is 0 Å². The van der Waals surface area contributed by atoms with Crippen LogP contribution >= 0.6 is 0 Å². The second-order valence-electron chi connectivity index (χ2n) is 10.6. The van der Waals surface area contributed by atoms with Gasteiger partial charge >= 0.3 is 36.2 Å². The smallest absolute Gasteiger partial charge is 0.442 e. The summed E-state index contributed by atoms with van der Waals surface area (Å²) in [7, 11) is -19.2. The Hall–Kier alpha value is 1.81.